The van der Waals surface area contributed by atoms with Gasteiger partial charge in [-0.25, -0.2) is 9.48 Å². The zero-order valence-electron chi connectivity index (χ0n) is 12.8. The minimum absolute atomic E-state index is 0.0564. The van der Waals surface area contributed by atoms with Crippen LogP contribution in [0.15, 0.2) is 11.0 Å². The van der Waals surface area contributed by atoms with E-state index >= 15 is 0 Å². The van der Waals surface area contributed by atoms with Gasteiger partial charge in [-0.3, -0.25) is 4.79 Å². The summed E-state index contributed by atoms with van der Waals surface area (Å²) in [5, 5.41) is 9.43. The highest BCUT2D eigenvalue weighted by Gasteiger charge is 2.15. The molecule has 0 fully saturated rings. The summed E-state index contributed by atoms with van der Waals surface area (Å²) >= 11 is 5.93. The number of rotatable bonds is 5. The Hall–Kier alpha value is -2.20. The fourth-order valence-electron chi connectivity index (χ4n) is 1.49. The van der Waals surface area contributed by atoms with E-state index in [9.17, 15) is 9.59 Å². The van der Waals surface area contributed by atoms with Crippen molar-refractivity contribution in [3.63, 3.8) is 0 Å². The maximum Gasteiger partial charge on any atom is 0.407 e. The van der Waals surface area contributed by atoms with E-state index in [2.05, 4.69) is 21.7 Å². The molecule has 0 aromatic carbocycles. The molecule has 1 rings (SSSR count). The number of nitrogens with zero attached hydrogens (tertiary/aromatic N) is 2. The molecule has 0 aliphatic carbocycles. The quantitative estimate of drug-likeness (QED) is 0.632. The Morgan fingerprint density at radius 3 is 2.77 bits per heavy atom. The molecule has 2 N–H and O–H groups in total. The lowest BCUT2D eigenvalue weighted by molar-refractivity contribution is 0.0530. The number of amides is 1. The monoisotopic (exact) mass is 326 g/mol. The van der Waals surface area contributed by atoms with E-state index in [0.717, 1.165) is 4.68 Å². The first-order valence-corrected chi connectivity index (χ1v) is 7.02. The van der Waals surface area contributed by atoms with Crippen molar-refractivity contribution in [1.29, 1.82) is 0 Å². The average molecular weight is 327 g/mol. The number of nitrogens with one attached hydrogen (secondary N) is 2. The first kappa shape index (κ1) is 17.9. The number of alkyl carbamates (subject to hydrolysis) is 1. The van der Waals surface area contributed by atoms with Gasteiger partial charge in [0, 0.05) is 13.1 Å². The van der Waals surface area contributed by atoms with Crippen molar-refractivity contribution in [2.24, 2.45) is 0 Å². The Morgan fingerprint density at radius 1 is 1.50 bits per heavy atom. The van der Waals surface area contributed by atoms with Crippen LogP contribution < -0.4 is 16.2 Å². The lowest BCUT2D eigenvalue weighted by Crippen LogP contribution is -2.35. The summed E-state index contributed by atoms with van der Waals surface area (Å²) in [6.45, 7) is 5.94. The molecule has 0 atom stereocenters. The lowest BCUT2D eigenvalue weighted by atomic mass is 10.2. The standard InChI is InChI=1S/C14H19ClN4O3/c1-5-8-19-12(20)11(10(15)9-18-19)16-6-7-17-13(21)22-14(2,3)4/h1,9,16H,6-8H2,2-4H3,(H,17,21). The van der Waals surface area contributed by atoms with Crippen LogP contribution in [0.25, 0.3) is 0 Å². The Labute approximate surface area is 134 Å². The van der Waals surface area contributed by atoms with Gasteiger partial charge >= 0.3 is 6.09 Å². The molecule has 0 bridgehead atoms. The summed E-state index contributed by atoms with van der Waals surface area (Å²) in [6, 6.07) is 0. The molecule has 0 saturated carbocycles. The smallest absolute Gasteiger partial charge is 0.407 e. The minimum Gasteiger partial charge on any atom is -0.444 e. The predicted molar refractivity (Wildman–Crippen MR) is 85.1 cm³/mol. The van der Waals surface area contributed by atoms with Crippen molar-refractivity contribution in [3.8, 4) is 12.3 Å². The molecule has 0 aliphatic rings. The second kappa shape index (κ2) is 7.71. The van der Waals surface area contributed by atoms with Gasteiger partial charge in [0.05, 0.1) is 11.2 Å². The number of hydrogen-bond acceptors (Lipinski definition) is 5. The third-order valence-corrected chi connectivity index (χ3v) is 2.62. The summed E-state index contributed by atoms with van der Waals surface area (Å²) in [7, 11) is 0. The van der Waals surface area contributed by atoms with Gasteiger partial charge < -0.3 is 15.4 Å². The van der Waals surface area contributed by atoms with Crippen LogP contribution in [0.5, 0.6) is 0 Å². The van der Waals surface area contributed by atoms with Crippen molar-refractivity contribution in [3.05, 3.63) is 21.6 Å². The molecule has 22 heavy (non-hydrogen) atoms. The Bertz CT molecular complexity index is 628. The van der Waals surface area contributed by atoms with Gasteiger partial charge in [-0.05, 0) is 20.8 Å². The number of anilines is 1. The SMILES string of the molecule is C#CCn1ncc(Cl)c(NCCNC(=O)OC(C)(C)C)c1=O. The molecule has 1 aromatic heterocycles. The first-order valence-electron chi connectivity index (χ1n) is 6.64. The highest BCUT2D eigenvalue weighted by molar-refractivity contribution is 6.32. The fraction of sp³-hybridized carbons (Fsp3) is 0.500. The molecule has 7 nitrogen and oxygen atoms in total. The van der Waals surface area contributed by atoms with Gasteiger partial charge in [-0.1, -0.05) is 17.5 Å². The number of carbonyl (C=O) groups is 1. The molecule has 0 aliphatic heterocycles. The summed E-state index contributed by atoms with van der Waals surface area (Å²) in [6.07, 6.45) is 5.97. The number of aromatic nitrogens is 2. The van der Waals surface area contributed by atoms with E-state index in [1.54, 1.807) is 20.8 Å². The Balaban J connectivity index is 2.56. The summed E-state index contributed by atoms with van der Waals surface area (Å²) in [5.74, 6) is 2.33. The lowest BCUT2D eigenvalue weighted by Gasteiger charge is -2.19. The normalized spacial score (nSPS) is 10.7. The third kappa shape index (κ3) is 5.66. The molecule has 1 aromatic rings. The van der Waals surface area contributed by atoms with Crippen LogP contribution in [0.2, 0.25) is 5.02 Å². The third-order valence-electron chi connectivity index (χ3n) is 2.33. The van der Waals surface area contributed by atoms with Crippen LogP contribution in [0, 0.1) is 12.3 Å². The van der Waals surface area contributed by atoms with Crippen LogP contribution >= 0.6 is 11.6 Å². The van der Waals surface area contributed by atoms with Gasteiger partial charge in [-0.15, -0.1) is 6.42 Å². The van der Waals surface area contributed by atoms with Crippen LogP contribution in [0.3, 0.4) is 0 Å². The second-order valence-corrected chi connectivity index (χ2v) is 5.80. The maximum absolute atomic E-state index is 12.0. The molecule has 120 valence electrons. The van der Waals surface area contributed by atoms with Crippen LogP contribution in [-0.2, 0) is 11.3 Å². The van der Waals surface area contributed by atoms with Crippen LogP contribution in [0.4, 0.5) is 10.5 Å². The van der Waals surface area contributed by atoms with E-state index < -0.39 is 17.3 Å². The molecule has 0 saturated heterocycles. The fourth-order valence-corrected chi connectivity index (χ4v) is 1.69. The largest absolute Gasteiger partial charge is 0.444 e. The minimum atomic E-state index is -0.561. The van der Waals surface area contributed by atoms with E-state index in [0.29, 0.717) is 6.54 Å². The van der Waals surface area contributed by atoms with Crippen LogP contribution in [-0.4, -0.2) is 34.6 Å². The summed E-state index contributed by atoms with van der Waals surface area (Å²) < 4.78 is 6.21. The van der Waals surface area contributed by atoms with E-state index in [4.69, 9.17) is 22.8 Å². The molecule has 1 heterocycles. The van der Waals surface area contributed by atoms with Gasteiger partial charge in [0.2, 0.25) is 0 Å². The van der Waals surface area contributed by atoms with Crippen molar-refractivity contribution >= 4 is 23.4 Å². The number of ether oxygens (including phenoxy) is 1. The molecule has 0 unspecified atom stereocenters. The van der Waals surface area contributed by atoms with Gasteiger partial charge in [0.1, 0.15) is 17.8 Å². The highest BCUT2D eigenvalue weighted by Crippen LogP contribution is 2.14. The number of carbonyl (C=O) groups excluding carboxylic acids is 1. The molecular weight excluding hydrogens is 308 g/mol. The first-order chi connectivity index (χ1) is 10.2. The van der Waals surface area contributed by atoms with Gasteiger partial charge in [0.15, 0.2) is 0 Å². The molecule has 8 heteroatoms. The predicted octanol–water partition coefficient (Wildman–Crippen LogP) is 1.47. The molecular formula is C14H19ClN4O3. The number of halogens is 1. The highest BCUT2D eigenvalue weighted by atomic mass is 35.5. The van der Waals surface area contributed by atoms with Crippen molar-refractivity contribution < 1.29 is 9.53 Å². The summed E-state index contributed by atoms with van der Waals surface area (Å²) in [4.78, 5) is 23.5. The Morgan fingerprint density at radius 2 is 2.18 bits per heavy atom. The topological polar surface area (TPSA) is 85.2 Å². The van der Waals surface area contributed by atoms with E-state index in [1.807, 2.05) is 0 Å². The zero-order valence-corrected chi connectivity index (χ0v) is 13.5. The zero-order chi connectivity index (χ0) is 16.8. The molecule has 0 spiro atoms. The van der Waals surface area contributed by atoms with Crippen molar-refractivity contribution in [2.75, 3.05) is 18.4 Å². The van der Waals surface area contributed by atoms with Gasteiger partial charge in [0.25, 0.3) is 5.56 Å². The van der Waals surface area contributed by atoms with Crippen molar-refractivity contribution in [1.82, 2.24) is 15.1 Å². The molecule has 0 radical (unpaired) electrons. The average Bonchev–Trinajstić information content (AvgIpc) is 2.39. The second-order valence-electron chi connectivity index (χ2n) is 5.39. The number of terminal acetylenes is 1. The van der Waals surface area contributed by atoms with Gasteiger partial charge in [-0.2, -0.15) is 5.10 Å². The number of hydrogen-bond donors (Lipinski definition) is 2. The molecule has 1 amide bonds. The maximum atomic E-state index is 12.0. The Kier molecular flexibility index (Phi) is 6.25. The summed E-state index contributed by atoms with van der Waals surface area (Å²) in [5.41, 5.74) is -0.782. The van der Waals surface area contributed by atoms with E-state index in [1.165, 1.54) is 6.20 Å². The van der Waals surface area contributed by atoms with Crippen LogP contribution in [0.1, 0.15) is 20.8 Å². The van der Waals surface area contributed by atoms with Crippen molar-refractivity contribution in [2.45, 2.75) is 32.9 Å². The van der Waals surface area contributed by atoms with E-state index in [-0.39, 0.29) is 23.8 Å².